The molecule has 4 heteroatoms. The zero-order chi connectivity index (χ0) is 19.2. The SMILES string of the molecule is CN(C)c1ccc([C@@H]2Nc3ccccc3NC3=C2C(=O)CC(C)(C)C3)cc1. The Morgan fingerprint density at radius 3 is 2.30 bits per heavy atom. The van der Waals surface area contributed by atoms with Gasteiger partial charge in [-0.1, -0.05) is 38.1 Å². The van der Waals surface area contributed by atoms with E-state index in [4.69, 9.17) is 0 Å². The summed E-state index contributed by atoms with van der Waals surface area (Å²) in [5.41, 5.74) is 6.22. The van der Waals surface area contributed by atoms with Crippen LogP contribution in [0.4, 0.5) is 17.1 Å². The fourth-order valence-electron chi connectivity index (χ4n) is 4.10. The molecule has 1 atom stereocenters. The molecule has 0 fully saturated rings. The summed E-state index contributed by atoms with van der Waals surface area (Å²) >= 11 is 0. The van der Waals surface area contributed by atoms with Crippen LogP contribution in [0, 0.1) is 5.41 Å². The third-order valence-corrected chi connectivity index (χ3v) is 5.46. The smallest absolute Gasteiger partial charge is 0.163 e. The summed E-state index contributed by atoms with van der Waals surface area (Å²) in [5, 5.41) is 7.19. The zero-order valence-electron chi connectivity index (χ0n) is 16.5. The number of benzene rings is 2. The van der Waals surface area contributed by atoms with Crippen LogP contribution in [-0.4, -0.2) is 19.9 Å². The van der Waals surface area contributed by atoms with Gasteiger partial charge in [0.05, 0.1) is 17.4 Å². The van der Waals surface area contributed by atoms with Crippen molar-refractivity contribution in [3.8, 4) is 0 Å². The molecule has 0 saturated heterocycles. The van der Waals surface area contributed by atoms with Crippen LogP contribution in [0.3, 0.4) is 0 Å². The second kappa shape index (κ2) is 6.45. The maximum absolute atomic E-state index is 13.2. The molecule has 0 spiro atoms. The van der Waals surface area contributed by atoms with Crippen LogP contribution in [0.1, 0.15) is 38.3 Å². The van der Waals surface area contributed by atoms with Gasteiger partial charge < -0.3 is 15.5 Å². The first-order valence-electron chi connectivity index (χ1n) is 9.50. The molecule has 140 valence electrons. The molecule has 2 aliphatic rings. The van der Waals surface area contributed by atoms with Gasteiger partial charge in [-0.2, -0.15) is 0 Å². The van der Waals surface area contributed by atoms with E-state index in [1.807, 2.05) is 26.2 Å². The molecule has 2 N–H and O–H groups in total. The minimum absolute atomic E-state index is 0.0263. The van der Waals surface area contributed by atoms with Gasteiger partial charge in [0, 0.05) is 37.5 Å². The maximum atomic E-state index is 13.2. The molecular formula is C23H27N3O. The van der Waals surface area contributed by atoms with E-state index >= 15 is 0 Å². The van der Waals surface area contributed by atoms with Crippen molar-refractivity contribution in [3.63, 3.8) is 0 Å². The van der Waals surface area contributed by atoms with Crippen LogP contribution in [-0.2, 0) is 4.79 Å². The fourth-order valence-corrected chi connectivity index (χ4v) is 4.10. The summed E-state index contributed by atoms with van der Waals surface area (Å²) < 4.78 is 0. The number of hydrogen-bond acceptors (Lipinski definition) is 4. The zero-order valence-corrected chi connectivity index (χ0v) is 16.5. The maximum Gasteiger partial charge on any atom is 0.163 e. The van der Waals surface area contributed by atoms with Gasteiger partial charge in [0.25, 0.3) is 0 Å². The molecule has 4 nitrogen and oxygen atoms in total. The van der Waals surface area contributed by atoms with Crippen molar-refractivity contribution in [3.05, 3.63) is 65.4 Å². The molecule has 2 aromatic carbocycles. The van der Waals surface area contributed by atoms with Gasteiger partial charge >= 0.3 is 0 Å². The summed E-state index contributed by atoms with van der Waals surface area (Å²) in [6.45, 7) is 4.34. The molecule has 1 heterocycles. The van der Waals surface area contributed by atoms with Crippen LogP contribution in [0.15, 0.2) is 59.8 Å². The molecule has 0 aromatic heterocycles. The van der Waals surface area contributed by atoms with E-state index in [0.717, 1.165) is 40.3 Å². The first-order chi connectivity index (χ1) is 12.8. The number of carbonyl (C=O) groups excluding carboxylic acids is 1. The first-order valence-corrected chi connectivity index (χ1v) is 9.50. The van der Waals surface area contributed by atoms with E-state index in [9.17, 15) is 4.79 Å². The van der Waals surface area contributed by atoms with E-state index in [-0.39, 0.29) is 17.2 Å². The van der Waals surface area contributed by atoms with E-state index in [1.165, 1.54) is 0 Å². The Morgan fingerprint density at radius 2 is 1.63 bits per heavy atom. The quantitative estimate of drug-likeness (QED) is 0.792. The van der Waals surface area contributed by atoms with Crippen LogP contribution in [0.5, 0.6) is 0 Å². The van der Waals surface area contributed by atoms with Crippen LogP contribution < -0.4 is 15.5 Å². The molecule has 2 aromatic rings. The number of Topliss-reactive ketones (excluding diaryl/α,β-unsaturated/α-hetero) is 1. The number of fused-ring (bicyclic) bond motifs is 1. The third kappa shape index (κ3) is 3.32. The summed E-state index contributed by atoms with van der Waals surface area (Å²) in [4.78, 5) is 15.2. The predicted octanol–water partition coefficient (Wildman–Crippen LogP) is 4.97. The van der Waals surface area contributed by atoms with Crippen molar-refractivity contribution < 1.29 is 4.79 Å². The van der Waals surface area contributed by atoms with Gasteiger partial charge in [-0.3, -0.25) is 4.79 Å². The van der Waals surface area contributed by atoms with Gasteiger partial charge in [0.2, 0.25) is 0 Å². The highest BCUT2D eigenvalue weighted by atomic mass is 16.1. The number of allylic oxidation sites excluding steroid dienone is 1. The van der Waals surface area contributed by atoms with Gasteiger partial charge in [-0.15, -0.1) is 0 Å². The minimum Gasteiger partial charge on any atom is -0.378 e. The first kappa shape index (κ1) is 17.7. The number of nitrogens with one attached hydrogen (secondary N) is 2. The lowest BCUT2D eigenvalue weighted by atomic mass is 9.73. The highest BCUT2D eigenvalue weighted by Crippen LogP contribution is 2.45. The van der Waals surface area contributed by atoms with E-state index in [0.29, 0.717) is 6.42 Å². The highest BCUT2D eigenvalue weighted by Gasteiger charge is 2.38. The second-order valence-electron chi connectivity index (χ2n) is 8.57. The molecule has 0 radical (unpaired) electrons. The molecule has 1 aliphatic heterocycles. The lowest BCUT2D eigenvalue weighted by Gasteiger charge is -2.34. The van der Waals surface area contributed by atoms with Gasteiger partial charge in [-0.25, -0.2) is 0 Å². The normalized spacial score (nSPS) is 20.7. The van der Waals surface area contributed by atoms with Crippen LogP contribution in [0.25, 0.3) is 0 Å². The molecule has 4 rings (SSSR count). The number of hydrogen-bond donors (Lipinski definition) is 2. The number of para-hydroxylation sites is 2. The number of carbonyl (C=O) groups is 1. The Morgan fingerprint density at radius 1 is 0.963 bits per heavy atom. The Balaban J connectivity index is 1.83. The van der Waals surface area contributed by atoms with Crippen molar-refractivity contribution in [2.75, 3.05) is 29.6 Å². The molecular weight excluding hydrogens is 334 g/mol. The molecule has 0 unspecified atom stereocenters. The van der Waals surface area contributed by atoms with E-state index in [2.05, 4.69) is 65.8 Å². The van der Waals surface area contributed by atoms with Crippen molar-refractivity contribution in [1.29, 1.82) is 0 Å². The second-order valence-corrected chi connectivity index (χ2v) is 8.57. The average molecular weight is 361 g/mol. The molecule has 0 saturated carbocycles. The average Bonchev–Trinajstić information content (AvgIpc) is 2.77. The van der Waals surface area contributed by atoms with Crippen LogP contribution in [0.2, 0.25) is 0 Å². The van der Waals surface area contributed by atoms with Gasteiger partial charge in [0.1, 0.15) is 0 Å². The summed E-state index contributed by atoms with van der Waals surface area (Å²) in [7, 11) is 4.07. The summed E-state index contributed by atoms with van der Waals surface area (Å²) in [6.07, 6.45) is 1.45. The van der Waals surface area contributed by atoms with Crippen molar-refractivity contribution in [2.45, 2.75) is 32.7 Å². The number of ketones is 1. The lowest BCUT2D eigenvalue weighted by Crippen LogP contribution is -2.31. The highest BCUT2D eigenvalue weighted by molar-refractivity contribution is 6.01. The Labute approximate surface area is 161 Å². The molecule has 0 bridgehead atoms. The monoisotopic (exact) mass is 361 g/mol. The summed E-state index contributed by atoms with van der Waals surface area (Å²) in [6, 6.07) is 16.5. The third-order valence-electron chi connectivity index (χ3n) is 5.46. The Kier molecular flexibility index (Phi) is 4.22. The molecule has 1 aliphatic carbocycles. The number of rotatable bonds is 2. The van der Waals surface area contributed by atoms with Crippen molar-refractivity contribution in [2.24, 2.45) is 5.41 Å². The van der Waals surface area contributed by atoms with E-state index in [1.54, 1.807) is 0 Å². The number of anilines is 3. The minimum atomic E-state index is -0.143. The lowest BCUT2D eigenvalue weighted by molar-refractivity contribution is -0.118. The Hall–Kier alpha value is -2.75. The largest absolute Gasteiger partial charge is 0.378 e. The van der Waals surface area contributed by atoms with Gasteiger partial charge in [0.15, 0.2) is 5.78 Å². The van der Waals surface area contributed by atoms with Crippen molar-refractivity contribution >= 4 is 22.8 Å². The standard InChI is InChI=1S/C23H27N3O/c1-23(2)13-19-21(20(27)14-23)22(15-9-11-16(12-10-15)26(3)4)25-18-8-6-5-7-17(18)24-19/h5-12,22,24-25H,13-14H2,1-4H3/t22-/m0/s1. The molecule has 0 amide bonds. The van der Waals surface area contributed by atoms with Gasteiger partial charge in [-0.05, 0) is 41.7 Å². The number of nitrogens with zero attached hydrogens (tertiary/aromatic N) is 1. The molecule has 27 heavy (non-hydrogen) atoms. The Bertz CT molecular complexity index is 909. The fraction of sp³-hybridized carbons (Fsp3) is 0.348. The predicted molar refractivity (Wildman–Crippen MR) is 112 cm³/mol. The van der Waals surface area contributed by atoms with Crippen LogP contribution >= 0.6 is 0 Å². The summed E-state index contributed by atoms with van der Waals surface area (Å²) in [5.74, 6) is 0.232. The van der Waals surface area contributed by atoms with E-state index < -0.39 is 0 Å². The topological polar surface area (TPSA) is 44.4 Å². The van der Waals surface area contributed by atoms with Crippen molar-refractivity contribution in [1.82, 2.24) is 0 Å².